The lowest BCUT2D eigenvalue weighted by molar-refractivity contribution is 0.0942. The van der Waals surface area contributed by atoms with Crippen molar-refractivity contribution in [3.8, 4) is 11.5 Å². The zero-order valence-corrected chi connectivity index (χ0v) is 17.9. The molecule has 0 spiro atoms. The molecule has 1 amide bonds. The van der Waals surface area contributed by atoms with Gasteiger partial charge in [0.1, 0.15) is 24.7 Å². The highest BCUT2D eigenvalue weighted by molar-refractivity contribution is 5.96. The molecule has 1 N–H and O–H groups in total. The highest BCUT2D eigenvalue weighted by Crippen LogP contribution is 2.24. The minimum Gasteiger partial charge on any atom is -0.492 e. The zero-order valence-electron chi connectivity index (χ0n) is 17.9. The summed E-state index contributed by atoms with van der Waals surface area (Å²) in [4.78, 5) is 12.6. The Morgan fingerprint density at radius 3 is 2.20 bits per heavy atom. The van der Waals surface area contributed by atoms with Crippen LogP contribution in [-0.2, 0) is 12.0 Å². The van der Waals surface area contributed by atoms with E-state index in [1.54, 1.807) is 6.07 Å². The van der Waals surface area contributed by atoms with Crippen LogP contribution >= 0.6 is 0 Å². The molecule has 0 unspecified atom stereocenters. The maximum absolute atomic E-state index is 12.6. The SMILES string of the molecule is CC(C)(C)c1ccc(OCCNC(=O)c2ccccc2OCc2ccccc2)cc1. The normalized spacial score (nSPS) is 11.0. The Labute approximate surface area is 178 Å². The summed E-state index contributed by atoms with van der Waals surface area (Å²) in [5.74, 6) is 1.19. The number of carbonyl (C=O) groups excluding carboxylic acids is 1. The van der Waals surface area contributed by atoms with Crippen LogP contribution in [0, 0.1) is 0 Å². The summed E-state index contributed by atoms with van der Waals surface area (Å²) in [5, 5.41) is 2.90. The van der Waals surface area contributed by atoms with Crippen molar-refractivity contribution in [1.82, 2.24) is 5.32 Å². The van der Waals surface area contributed by atoms with Gasteiger partial charge in [-0.25, -0.2) is 0 Å². The van der Waals surface area contributed by atoms with Gasteiger partial charge in [-0.2, -0.15) is 0 Å². The molecule has 0 radical (unpaired) electrons. The number of hydrogen-bond donors (Lipinski definition) is 1. The second-order valence-corrected chi connectivity index (χ2v) is 8.15. The predicted octanol–water partition coefficient (Wildman–Crippen LogP) is 5.37. The van der Waals surface area contributed by atoms with Crippen molar-refractivity contribution >= 4 is 5.91 Å². The lowest BCUT2D eigenvalue weighted by Crippen LogP contribution is -2.28. The number of ether oxygens (including phenoxy) is 2. The van der Waals surface area contributed by atoms with Crippen LogP contribution in [0.4, 0.5) is 0 Å². The van der Waals surface area contributed by atoms with Crippen molar-refractivity contribution in [3.05, 3.63) is 95.6 Å². The average molecular weight is 404 g/mol. The van der Waals surface area contributed by atoms with Crippen LogP contribution < -0.4 is 14.8 Å². The third-order valence-electron chi connectivity index (χ3n) is 4.75. The highest BCUT2D eigenvalue weighted by atomic mass is 16.5. The third-order valence-corrected chi connectivity index (χ3v) is 4.75. The van der Waals surface area contributed by atoms with Crippen LogP contribution in [-0.4, -0.2) is 19.1 Å². The van der Waals surface area contributed by atoms with Crippen molar-refractivity contribution in [2.75, 3.05) is 13.2 Å². The quantitative estimate of drug-likeness (QED) is 0.514. The molecule has 3 rings (SSSR count). The molecule has 0 atom stereocenters. The Bertz CT molecular complexity index is 944. The van der Waals surface area contributed by atoms with Gasteiger partial charge in [0.05, 0.1) is 12.1 Å². The van der Waals surface area contributed by atoms with Gasteiger partial charge in [-0.1, -0.05) is 75.4 Å². The highest BCUT2D eigenvalue weighted by Gasteiger charge is 2.14. The summed E-state index contributed by atoms with van der Waals surface area (Å²) in [6, 6.07) is 25.2. The smallest absolute Gasteiger partial charge is 0.255 e. The second-order valence-electron chi connectivity index (χ2n) is 8.15. The molecule has 4 heteroatoms. The molecule has 0 aromatic heterocycles. The molecule has 3 aromatic carbocycles. The first kappa shape index (κ1) is 21.4. The maximum atomic E-state index is 12.6. The van der Waals surface area contributed by atoms with E-state index in [1.807, 2.05) is 60.7 Å². The van der Waals surface area contributed by atoms with Gasteiger partial charge in [-0.05, 0) is 40.8 Å². The van der Waals surface area contributed by atoms with Gasteiger partial charge < -0.3 is 14.8 Å². The first-order valence-electron chi connectivity index (χ1n) is 10.2. The number of amides is 1. The molecular formula is C26H29NO3. The van der Waals surface area contributed by atoms with Crippen LogP contribution in [0.1, 0.15) is 42.3 Å². The van der Waals surface area contributed by atoms with Crippen molar-refractivity contribution in [1.29, 1.82) is 0 Å². The minimum absolute atomic E-state index is 0.114. The first-order valence-corrected chi connectivity index (χ1v) is 10.2. The van der Waals surface area contributed by atoms with Crippen LogP contribution in [0.3, 0.4) is 0 Å². The van der Waals surface area contributed by atoms with E-state index in [0.717, 1.165) is 11.3 Å². The Kier molecular flexibility index (Phi) is 7.12. The van der Waals surface area contributed by atoms with Crippen molar-refractivity contribution < 1.29 is 14.3 Å². The lowest BCUT2D eigenvalue weighted by Gasteiger charge is -2.19. The molecule has 0 saturated carbocycles. The minimum atomic E-state index is -0.176. The van der Waals surface area contributed by atoms with Gasteiger partial charge in [0.2, 0.25) is 0 Å². The summed E-state index contributed by atoms with van der Waals surface area (Å²) in [5.41, 5.74) is 2.94. The molecule has 30 heavy (non-hydrogen) atoms. The first-order chi connectivity index (χ1) is 14.4. The van der Waals surface area contributed by atoms with E-state index >= 15 is 0 Å². The van der Waals surface area contributed by atoms with E-state index in [4.69, 9.17) is 9.47 Å². The van der Waals surface area contributed by atoms with Gasteiger partial charge >= 0.3 is 0 Å². The van der Waals surface area contributed by atoms with Gasteiger partial charge in [0.25, 0.3) is 5.91 Å². The number of carbonyl (C=O) groups is 1. The Morgan fingerprint density at radius 2 is 1.50 bits per heavy atom. The summed E-state index contributed by atoms with van der Waals surface area (Å²) in [7, 11) is 0. The van der Waals surface area contributed by atoms with Gasteiger partial charge in [0, 0.05) is 0 Å². The summed E-state index contributed by atoms with van der Waals surface area (Å²) in [6.45, 7) is 7.76. The lowest BCUT2D eigenvalue weighted by atomic mass is 9.87. The van der Waals surface area contributed by atoms with Crippen LogP contribution in [0.25, 0.3) is 0 Å². The number of para-hydroxylation sites is 1. The Balaban J connectivity index is 1.49. The maximum Gasteiger partial charge on any atom is 0.255 e. The van der Waals surface area contributed by atoms with Crippen LogP contribution in [0.5, 0.6) is 11.5 Å². The average Bonchev–Trinajstić information content (AvgIpc) is 2.76. The van der Waals surface area contributed by atoms with E-state index in [2.05, 4.69) is 38.2 Å². The Morgan fingerprint density at radius 1 is 0.833 bits per heavy atom. The second kappa shape index (κ2) is 9.97. The van der Waals surface area contributed by atoms with Crippen molar-refractivity contribution in [3.63, 3.8) is 0 Å². The zero-order chi connectivity index (χ0) is 21.4. The molecule has 0 aliphatic rings. The molecule has 4 nitrogen and oxygen atoms in total. The fraction of sp³-hybridized carbons (Fsp3) is 0.269. The van der Waals surface area contributed by atoms with Crippen molar-refractivity contribution in [2.24, 2.45) is 0 Å². The number of rotatable bonds is 8. The predicted molar refractivity (Wildman–Crippen MR) is 120 cm³/mol. The standard InChI is InChI=1S/C26H29NO3/c1-26(2,3)21-13-15-22(16-14-21)29-18-17-27-25(28)23-11-7-8-12-24(23)30-19-20-9-5-4-6-10-20/h4-16H,17-19H2,1-3H3,(H,27,28). The molecule has 156 valence electrons. The Hall–Kier alpha value is -3.27. The van der Waals surface area contributed by atoms with E-state index in [9.17, 15) is 4.79 Å². The molecule has 0 bridgehead atoms. The summed E-state index contributed by atoms with van der Waals surface area (Å²) < 4.78 is 11.6. The molecule has 3 aromatic rings. The summed E-state index contributed by atoms with van der Waals surface area (Å²) in [6.07, 6.45) is 0. The molecule has 0 heterocycles. The molecule has 0 aliphatic carbocycles. The number of nitrogens with one attached hydrogen (secondary N) is 1. The monoisotopic (exact) mass is 403 g/mol. The molecular weight excluding hydrogens is 374 g/mol. The number of benzene rings is 3. The molecule has 0 saturated heterocycles. The summed E-state index contributed by atoms with van der Waals surface area (Å²) >= 11 is 0. The van der Waals surface area contributed by atoms with E-state index in [-0.39, 0.29) is 11.3 Å². The van der Waals surface area contributed by atoms with E-state index in [0.29, 0.717) is 31.1 Å². The molecule has 0 aliphatic heterocycles. The third kappa shape index (κ3) is 6.11. The van der Waals surface area contributed by atoms with Gasteiger partial charge in [0.15, 0.2) is 0 Å². The van der Waals surface area contributed by atoms with E-state index < -0.39 is 0 Å². The largest absolute Gasteiger partial charge is 0.492 e. The number of hydrogen-bond acceptors (Lipinski definition) is 3. The van der Waals surface area contributed by atoms with Gasteiger partial charge in [-0.3, -0.25) is 4.79 Å². The fourth-order valence-electron chi connectivity index (χ4n) is 3.00. The fourth-order valence-corrected chi connectivity index (χ4v) is 3.00. The van der Waals surface area contributed by atoms with Gasteiger partial charge in [-0.15, -0.1) is 0 Å². The topological polar surface area (TPSA) is 47.6 Å². The van der Waals surface area contributed by atoms with Crippen LogP contribution in [0.15, 0.2) is 78.9 Å². The van der Waals surface area contributed by atoms with E-state index in [1.165, 1.54) is 5.56 Å². The van der Waals surface area contributed by atoms with Crippen LogP contribution in [0.2, 0.25) is 0 Å². The van der Waals surface area contributed by atoms with Crippen molar-refractivity contribution in [2.45, 2.75) is 32.8 Å². The molecule has 0 fully saturated rings.